The number of hydrogen-bond donors (Lipinski definition) is 1. The number of rotatable bonds is 5. The van der Waals surface area contributed by atoms with Crippen molar-refractivity contribution in [2.45, 2.75) is 5.16 Å². The van der Waals surface area contributed by atoms with Gasteiger partial charge in [0.2, 0.25) is 12.7 Å². The smallest absolute Gasteiger partial charge is 0.234 e. The summed E-state index contributed by atoms with van der Waals surface area (Å²) in [6.45, 7) is 0.228. The maximum absolute atomic E-state index is 12.2. The van der Waals surface area contributed by atoms with Gasteiger partial charge in [-0.2, -0.15) is 0 Å². The molecular weight excluding hydrogens is 432 g/mol. The predicted molar refractivity (Wildman–Crippen MR) is 106 cm³/mol. The van der Waals surface area contributed by atoms with E-state index >= 15 is 0 Å². The van der Waals surface area contributed by atoms with Crippen molar-refractivity contribution in [3.8, 4) is 22.9 Å². The van der Waals surface area contributed by atoms with E-state index < -0.39 is 0 Å². The van der Waals surface area contributed by atoms with Crippen molar-refractivity contribution in [3.63, 3.8) is 0 Å². The molecule has 0 bridgehead atoms. The van der Waals surface area contributed by atoms with Crippen molar-refractivity contribution in [1.82, 2.24) is 14.8 Å². The van der Waals surface area contributed by atoms with Crippen LogP contribution in [0.15, 0.2) is 52.1 Å². The van der Waals surface area contributed by atoms with Gasteiger partial charge in [-0.25, -0.2) is 0 Å². The average molecular weight is 447 g/mol. The number of carbonyl (C=O) groups is 1. The second-order valence-electron chi connectivity index (χ2n) is 5.78. The van der Waals surface area contributed by atoms with Crippen molar-refractivity contribution >= 4 is 39.3 Å². The first-order valence-electron chi connectivity index (χ1n) is 8.08. The van der Waals surface area contributed by atoms with Crippen LogP contribution >= 0.6 is 27.7 Å². The van der Waals surface area contributed by atoms with Gasteiger partial charge in [0, 0.05) is 22.8 Å². The van der Waals surface area contributed by atoms with Crippen molar-refractivity contribution in [1.29, 1.82) is 0 Å². The molecule has 1 N–H and O–H groups in total. The van der Waals surface area contributed by atoms with Gasteiger partial charge in [-0.1, -0.05) is 33.8 Å². The van der Waals surface area contributed by atoms with Gasteiger partial charge in [-0.05, 0) is 36.4 Å². The SMILES string of the molecule is Cn1c(SCC(=O)Nc2cccc(Br)c2)nnc1-c1ccc2c(c1)OCO2. The maximum Gasteiger partial charge on any atom is 0.234 e. The molecule has 1 aromatic heterocycles. The minimum absolute atomic E-state index is 0.106. The molecule has 2 aromatic carbocycles. The van der Waals surface area contributed by atoms with Crippen LogP contribution in [0.25, 0.3) is 11.4 Å². The van der Waals surface area contributed by atoms with Gasteiger partial charge < -0.3 is 19.4 Å². The standard InChI is InChI=1S/C18H15BrN4O3S/c1-23-17(11-5-6-14-15(7-11)26-10-25-14)21-22-18(23)27-9-16(24)20-13-4-2-3-12(19)8-13/h2-8H,9-10H2,1H3,(H,20,24). The Morgan fingerprint density at radius 2 is 2.07 bits per heavy atom. The Morgan fingerprint density at radius 1 is 1.22 bits per heavy atom. The number of fused-ring (bicyclic) bond motifs is 1. The summed E-state index contributed by atoms with van der Waals surface area (Å²) in [4.78, 5) is 12.2. The predicted octanol–water partition coefficient (Wildman–Crippen LogP) is 3.70. The topological polar surface area (TPSA) is 78.3 Å². The zero-order valence-electron chi connectivity index (χ0n) is 14.3. The molecular formula is C18H15BrN4O3S. The first kappa shape index (κ1) is 17.9. The summed E-state index contributed by atoms with van der Waals surface area (Å²) in [7, 11) is 1.87. The summed E-state index contributed by atoms with van der Waals surface area (Å²) >= 11 is 4.72. The van der Waals surface area contributed by atoms with Crippen LogP contribution in [0, 0.1) is 0 Å². The lowest BCUT2D eigenvalue weighted by Crippen LogP contribution is -2.14. The lowest BCUT2D eigenvalue weighted by molar-refractivity contribution is -0.113. The molecule has 7 nitrogen and oxygen atoms in total. The molecule has 0 spiro atoms. The molecule has 1 amide bonds. The summed E-state index contributed by atoms with van der Waals surface area (Å²) < 4.78 is 13.5. The van der Waals surface area contributed by atoms with E-state index in [1.807, 2.05) is 54.1 Å². The lowest BCUT2D eigenvalue weighted by Gasteiger charge is -2.06. The van der Waals surface area contributed by atoms with Crippen LogP contribution in [0.4, 0.5) is 5.69 Å². The first-order valence-corrected chi connectivity index (χ1v) is 9.85. The second kappa shape index (κ2) is 7.61. The van der Waals surface area contributed by atoms with E-state index in [1.54, 1.807) is 0 Å². The minimum atomic E-state index is -0.106. The number of hydrogen-bond acceptors (Lipinski definition) is 6. The van der Waals surface area contributed by atoms with E-state index in [1.165, 1.54) is 11.8 Å². The normalized spacial score (nSPS) is 12.2. The van der Waals surface area contributed by atoms with Crippen LogP contribution in [0.2, 0.25) is 0 Å². The van der Waals surface area contributed by atoms with Crippen molar-refractivity contribution in [3.05, 3.63) is 46.9 Å². The van der Waals surface area contributed by atoms with Crippen molar-refractivity contribution in [2.24, 2.45) is 7.05 Å². The summed E-state index contributed by atoms with van der Waals surface area (Å²) in [6, 6.07) is 13.1. The van der Waals surface area contributed by atoms with Crippen LogP contribution in [0.5, 0.6) is 11.5 Å². The number of benzene rings is 2. The lowest BCUT2D eigenvalue weighted by atomic mass is 10.2. The van der Waals surface area contributed by atoms with Gasteiger partial charge >= 0.3 is 0 Å². The van der Waals surface area contributed by atoms with Crippen molar-refractivity contribution in [2.75, 3.05) is 17.9 Å². The highest BCUT2D eigenvalue weighted by Crippen LogP contribution is 2.35. The van der Waals surface area contributed by atoms with E-state index in [9.17, 15) is 4.79 Å². The molecule has 1 aliphatic heterocycles. The van der Waals surface area contributed by atoms with Gasteiger partial charge in [0.1, 0.15) is 0 Å². The zero-order valence-corrected chi connectivity index (χ0v) is 16.7. The Kier molecular flexibility index (Phi) is 5.04. The Hall–Kier alpha value is -2.52. The number of carbonyl (C=O) groups excluding carboxylic acids is 1. The van der Waals surface area contributed by atoms with Gasteiger partial charge in [0.15, 0.2) is 22.5 Å². The van der Waals surface area contributed by atoms with Gasteiger partial charge in [0.05, 0.1) is 5.75 Å². The molecule has 0 fully saturated rings. The fourth-order valence-corrected chi connectivity index (χ4v) is 3.73. The highest BCUT2D eigenvalue weighted by molar-refractivity contribution is 9.10. The second-order valence-corrected chi connectivity index (χ2v) is 7.64. The minimum Gasteiger partial charge on any atom is -0.454 e. The molecule has 4 rings (SSSR count). The number of nitrogens with zero attached hydrogens (tertiary/aromatic N) is 3. The number of anilines is 1. The molecule has 9 heteroatoms. The molecule has 0 radical (unpaired) electrons. The van der Waals surface area contributed by atoms with Gasteiger partial charge in [0.25, 0.3) is 0 Å². The molecule has 0 aliphatic carbocycles. The van der Waals surface area contributed by atoms with Crippen LogP contribution < -0.4 is 14.8 Å². The van der Waals surface area contributed by atoms with Gasteiger partial charge in [-0.15, -0.1) is 10.2 Å². The number of thioether (sulfide) groups is 1. The maximum atomic E-state index is 12.2. The number of amides is 1. The third kappa shape index (κ3) is 3.93. The Bertz CT molecular complexity index is 1010. The van der Waals surface area contributed by atoms with E-state index in [0.717, 1.165) is 21.5 Å². The zero-order chi connectivity index (χ0) is 18.8. The van der Waals surface area contributed by atoms with Crippen LogP contribution in [0.3, 0.4) is 0 Å². The number of halogens is 1. The van der Waals surface area contributed by atoms with E-state index in [4.69, 9.17) is 9.47 Å². The fraction of sp³-hybridized carbons (Fsp3) is 0.167. The molecule has 0 saturated heterocycles. The summed E-state index contributed by atoms with van der Waals surface area (Å²) in [5.74, 6) is 2.24. The molecule has 2 heterocycles. The largest absolute Gasteiger partial charge is 0.454 e. The van der Waals surface area contributed by atoms with E-state index in [-0.39, 0.29) is 18.5 Å². The molecule has 1 aliphatic rings. The summed E-state index contributed by atoms with van der Waals surface area (Å²) in [5.41, 5.74) is 1.62. The summed E-state index contributed by atoms with van der Waals surface area (Å²) in [6.07, 6.45) is 0. The van der Waals surface area contributed by atoms with Crippen LogP contribution in [-0.2, 0) is 11.8 Å². The third-order valence-corrected chi connectivity index (χ3v) is 5.42. The first-order chi connectivity index (χ1) is 13.1. The Balaban J connectivity index is 1.42. The third-order valence-electron chi connectivity index (χ3n) is 3.91. The highest BCUT2D eigenvalue weighted by atomic mass is 79.9. The Morgan fingerprint density at radius 3 is 2.93 bits per heavy atom. The molecule has 27 heavy (non-hydrogen) atoms. The highest BCUT2D eigenvalue weighted by Gasteiger charge is 2.18. The summed E-state index contributed by atoms with van der Waals surface area (Å²) in [5, 5.41) is 12.0. The molecule has 138 valence electrons. The van der Waals surface area contributed by atoms with E-state index in [2.05, 4.69) is 31.4 Å². The monoisotopic (exact) mass is 446 g/mol. The molecule has 0 saturated carbocycles. The Labute approximate surface area is 168 Å². The van der Waals surface area contributed by atoms with Crippen LogP contribution in [0.1, 0.15) is 0 Å². The van der Waals surface area contributed by atoms with Gasteiger partial charge in [-0.3, -0.25) is 4.79 Å². The number of aromatic nitrogens is 3. The molecule has 0 atom stereocenters. The quantitative estimate of drug-likeness (QED) is 0.601. The number of nitrogens with one attached hydrogen (secondary N) is 1. The molecule has 0 unspecified atom stereocenters. The van der Waals surface area contributed by atoms with Crippen LogP contribution in [-0.4, -0.2) is 33.2 Å². The average Bonchev–Trinajstić information content (AvgIpc) is 3.25. The number of ether oxygens (including phenoxy) is 2. The fourth-order valence-electron chi connectivity index (χ4n) is 2.62. The van der Waals surface area contributed by atoms with Crippen molar-refractivity contribution < 1.29 is 14.3 Å². The van der Waals surface area contributed by atoms with E-state index in [0.29, 0.717) is 16.7 Å². The molecule has 3 aromatic rings.